The predicted molar refractivity (Wildman–Crippen MR) is 112 cm³/mol. The molecule has 0 rings (SSSR count). The summed E-state index contributed by atoms with van der Waals surface area (Å²) in [5.41, 5.74) is 26.1. The average Bonchev–Trinajstić information content (AvgIpc) is 2.67. The van der Waals surface area contributed by atoms with Gasteiger partial charge in [-0.2, -0.15) is 0 Å². The van der Waals surface area contributed by atoms with E-state index in [2.05, 4.69) is 0 Å². The highest BCUT2D eigenvalue weighted by Crippen LogP contribution is 2.04. The predicted octanol–water partition coefficient (Wildman–Crippen LogP) is -0.501. The molecule has 0 amide bonds. The van der Waals surface area contributed by atoms with Crippen LogP contribution >= 0.6 is 0 Å². The minimum atomic E-state index is -0.933. The van der Waals surface area contributed by atoms with Gasteiger partial charge in [-0.3, -0.25) is 14.4 Å². The van der Waals surface area contributed by atoms with Gasteiger partial charge in [-0.05, 0) is 44.7 Å². The summed E-state index contributed by atoms with van der Waals surface area (Å²) < 4.78 is 0. The maximum Gasteiger partial charge on any atom is 0.320 e. The van der Waals surface area contributed by atoms with Gasteiger partial charge in [-0.15, -0.1) is 0 Å². The molecule has 0 unspecified atom stereocenters. The fraction of sp³-hybridized carbons (Fsp3) is 0.833. The van der Waals surface area contributed by atoms with Crippen molar-refractivity contribution in [3.63, 3.8) is 0 Å². The van der Waals surface area contributed by atoms with Crippen molar-refractivity contribution in [2.75, 3.05) is 13.1 Å². The largest absolute Gasteiger partial charge is 0.480 e. The molecule has 0 aromatic rings. The minimum Gasteiger partial charge on any atom is -0.480 e. The van der Waals surface area contributed by atoms with Crippen molar-refractivity contribution < 1.29 is 29.7 Å². The van der Waals surface area contributed by atoms with Crippen LogP contribution in [-0.2, 0) is 14.4 Å². The van der Waals surface area contributed by atoms with Gasteiger partial charge in [0.2, 0.25) is 0 Å². The number of carbonyl (C=O) groups is 3. The van der Waals surface area contributed by atoms with E-state index in [-0.39, 0.29) is 5.92 Å². The van der Waals surface area contributed by atoms with E-state index in [1.807, 2.05) is 13.8 Å². The lowest BCUT2D eigenvalue weighted by Crippen LogP contribution is -2.36. The van der Waals surface area contributed by atoms with E-state index in [0.29, 0.717) is 25.9 Å². The molecule has 0 radical (unpaired) electrons. The molecule has 0 saturated carbocycles. The van der Waals surface area contributed by atoms with Crippen LogP contribution in [0, 0.1) is 5.92 Å². The van der Waals surface area contributed by atoms with E-state index in [9.17, 15) is 14.4 Å². The smallest absolute Gasteiger partial charge is 0.320 e. The quantitative estimate of drug-likeness (QED) is 0.175. The molecule has 4 atom stereocenters. The lowest BCUT2D eigenvalue weighted by atomic mass is 10.0. The first-order chi connectivity index (χ1) is 13.5. The van der Waals surface area contributed by atoms with Gasteiger partial charge in [-0.1, -0.05) is 33.1 Å². The van der Waals surface area contributed by atoms with Gasteiger partial charge in [0.1, 0.15) is 18.1 Å². The number of nitrogens with two attached hydrogens (primary N) is 5. The summed E-state index contributed by atoms with van der Waals surface area (Å²) in [6.07, 6.45) is 5.14. The molecule has 13 N–H and O–H groups in total. The third-order valence-corrected chi connectivity index (χ3v) is 4.12. The second-order valence-corrected chi connectivity index (χ2v) is 6.71. The molecule has 0 fully saturated rings. The van der Waals surface area contributed by atoms with E-state index in [1.54, 1.807) is 0 Å². The summed E-state index contributed by atoms with van der Waals surface area (Å²) in [7, 11) is 0. The highest BCUT2D eigenvalue weighted by atomic mass is 16.4. The molecule has 0 spiro atoms. The molecule has 29 heavy (non-hydrogen) atoms. The Morgan fingerprint density at radius 3 is 1.24 bits per heavy atom. The molecule has 0 aliphatic rings. The molecule has 0 bridgehead atoms. The van der Waals surface area contributed by atoms with Crippen LogP contribution < -0.4 is 28.7 Å². The normalized spacial score (nSPS) is 14.2. The van der Waals surface area contributed by atoms with Crippen LogP contribution in [0.3, 0.4) is 0 Å². The topological polar surface area (TPSA) is 242 Å². The van der Waals surface area contributed by atoms with E-state index < -0.39 is 36.0 Å². The Kier molecular flexibility index (Phi) is 23.0. The van der Waals surface area contributed by atoms with Crippen molar-refractivity contribution in [1.29, 1.82) is 0 Å². The van der Waals surface area contributed by atoms with Crippen LogP contribution in [0.15, 0.2) is 0 Å². The maximum absolute atomic E-state index is 10.2. The molecule has 11 nitrogen and oxygen atoms in total. The van der Waals surface area contributed by atoms with Crippen molar-refractivity contribution in [2.24, 2.45) is 34.6 Å². The summed E-state index contributed by atoms with van der Waals surface area (Å²) in [6, 6.07) is -2.13. The number of carboxylic acid groups (broad SMARTS) is 3. The van der Waals surface area contributed by atoms with Crippen molar-refractivity contribution in [2.45, 2.75) is 76.9 Å². The molecule has 0 aliphatic heterocycles. The van der Waals surface area contributed by atoms with E-state index in [4.69, 9.17) is 44.0 Å². The van der Waals surface area contributed by atoms with Gasteiger partial charge < -0.3 is 44.0 Å². The Morgan fingerprint density at radius 1 is 0.724 bits per heavy atom. The Hall–Kier alpha value is -1.79. The van der Waals surface area contributed by atoms with Crippen molar-refractivity contribution in [3.05, 3.63) is 0 Å². The van der Waals surface area contributed by atoms with Gasteiger partial charge in [0, 0.05) is 0 Å². The third kappa shape index (κ3) is 22.4. The van der Waals surface area contributed by atoms with Gasteiger partial charge >= 0.3 is 17.9 Å². The van der Waals surface area contributed by atoms with Gasteiger partial charge in [0.15, 0.2) is 0 Å². The van der Waals surface area contributed by atoms with Crippen molar-refractivity contribution in [1.82, 2.24) is 0 Å². The number of rotatable bonds is 13. The second kappa shape index (κ2) is 20.9. The summed E-state index contributed by atoms with van der Waals surface area (Å²) in [5, 5.41) is 25.0. The SMILES string of the molecule is CC[C@H](C)[C@H](N)C(=O)O.NCCCC[C@H](N)C(=O)O.NCCCC[C@H](N)C(=O)O. The van der Waals surface area contributed by atoms with Gasteiger partial charge in [-0.25, -0.2) is 0 Å². The first-order valence-electron chi connectivity index (χ1n) is 9.81. The van der Waals surface area contributed by atoms with Crippen LogP contribution in [0.4, 0.5) is 0 Å². The summed E-state index contributed by atoms with van der Waals surface area (Å²) >= 11 is 0. The molecule has 0 aromatic carbocycles. The van der Waals surface area contributed by atoms with Crippen molar-refractivity contribution >= 4 is 17.9 Å². The zero-order valence-electron chi connectivity index (χ0n) is 17.6. The highest BCUT2D eigenvalue weighted by Gasteiger charge is 2.17. The molecule has 0 aliphatic carbocycles. The van der Waals surface area contributed by atoms with E-state index in [0.717, 1.165) is 32.1 Å². The molecular formula is C18H41N5O6. The Bertz CT molecular complexity index is 413. The standard InChI is InChI=1S/2C6H14N2O2.C6H13NO2/c2*7-4-2-1-3-5(8)6(9)10;1-3-4(2)5(7)6(8)9/h2*5H,1-4,7-8H2,(H,9,10);4-5H,3,7H2,1-2H3,(H,8,9)/t2*5-;4-,5-/m000/s1. The third-order valence-electron chi connectivity index (χ3n) is 4.12. The lowest BCUT2D eigenvalue weighted by molar-refractivity contribution is -0.140. The van der Waals surface area contributed by atoms with Crippen molar-refractivity contribution in [3.8, 4) is 0 Å². The fourth-order valence-electron chi connectivity index (χ4n) is 1.76. The summed E-state index contributed by atoms with van der Waals surface area (Å²) in [5.74, 6) is -2.71. The molecular weight excluding hydrogens is 382 g/mol. The Labute approximate surface area is 173 Å². The zero-order chi connectivity index (χ0) is 23.4. The molecule has 11 heteroatoms. The maximum atomic E-state index is 10.2. The molecule has 174 valence electrons. The monoisotopic (exact) mass is 423 g/mol. The Morgan fingerprint density at radius 2 is 1.07 bits per heavy atom. The van der Waals surface area contributed by atoms with Crippen LogP contribution in [0.1, 0.15) is 58.8 Å². The first-order valence-corrected chi connectivity index (χ1v) is 9.81. The lowest BCUT2D eigenvalue weighted by Gasteiger charge is -2.11. The zero-order valence-corrected chi connectivity index (χ0v) is 17.6. The highest BCUT2D eigenvalue weighted by molar-refractivity contribution is 5.73. The number of aliphatic carboxylic acids is 3. The number of hydrogen-bond donors (Lipinski definition) is 8. The summed E-state index contributed by atoms with van der Waals surface area (Å²) in [4.78, 5) is 30.4. The average molecular weight is 424 g/mol. The van der Waals surface area contributed by atoms with E-state index >= 15 is 0 Å². The van der Waals surface area contributed by atoms with Gasteiger partial charge in [0.25, 0.3) is 0 Å². The second-order valence-electron chi connectivity index (χ2n) is 6.71. The fourth-order valence-corrected chi connectivity index (χ4v) is 1.76. The van der Waals surface area contributed by atoms with Crippen LogP contribution in [0.2, 0.25) is 0 Å². The minimum absolute atomic E-state index is 0.0718. The Balaban J connectivity index is -0.000000350. The molecule has 0 aromatic heterocycles. The number of unbranched alkanes of at least 4 members (excludes halogenated alkanes) is 2. The molecule has 0 saturated heterocycles. The van der Waals surface area contributed by atoms with E-state index in [1.165, 1.54) is 0 Å². The van der Waals surface area contributed by atoms with Crippen LogP contribution in [0.25, 0.3) is 0 Å². The molecule has 0 heterocycles. The number of carboxylic acids is 3. The van der Waals surface area contributed by atoms with Gasteiger partial charge in [0.05, 0.1) is 0 Å². The first kappa shape index (κ1) is 31.9. The van der Waals surface area contributed by atoms with Crippen LogP contribution in [0.5, 0.6) is 0 Å². The van der Waals surface area contributed by atoms with Crippen LogP contribution in [-0.4, -0.2) is 64.4 Å². The summed E-state index contributed by atoms with van der Waals surface area (Å²) in [6.45, 7) is 4.96. The number of hydrogen-bond acceptors (Lipinski definition) is 8.